The molecule has 0 bridgehead atoms. The molecule has 0 radical (unpaired) electrons. The molecule has 0 aliphatic carbocycles. The lowest BCUT2D eigenvalue weighted by Gasteiger charge is -2.03. The van der Waals surface area contributed by atoms with Gasteiger partial charge in [0.05, 0.1) is 18.4 Å². The number of carbonyl (C=O) groups is 1. The number of benzene rings is 1. The number of aromatic amines is 1. The number of nitrogens with zero attached hydrogens (tertiary/aromatic N) is 4. The molecular weight excluding hydrogens is 497 g/mol. The Morgan fingerprint density at radius 3 is 2.61 bits per heavy atom. The van der Waals surface area contributed by atoms with Gasteiger partial charge >= 0.3 is 12.1 Å². The molecule has 1 aliphatic rings. The summed E-state index contributed by atoms with van der Waals surface area (Å²) in [5, 5.41) is 15.8. The number of carboxylic acid groups (broad SMARTS) is 1. The summed E-state index contributed by atoms with van der Waals surface area (Å²) in [6, 6.07) is 11.9. The van der Waals surface area contributed by atoms with Crippen LogP contribution >= 0.6 is 11.6 Å². The Kier molecular flexibility index (Phi) is 7.70. The number of imidazole rings is 1. The molecule has 1 atom stereocenters. The highest BCUT2D eigenvalue weighted by Crippen LogP contribution is 2.26. The molecule has 5 rings (SSSR count). The van der Waals surface area contributed by atoms with Crippen LogP contribution in [0, 0.1) is 0 Å². The number of carboxylic acids is 1. The monoisotopic (exact) mass is 518 g/mol. The summed E-state index contributed by atoms with van der Waals surface area (Å²) in [5.74, 6) is -1.47. The summed E-state index contributed by atoms with van der Waals surface area (Å²) in [7, 11) is 0. The van der Waals surface area contributed by atoms with Crippen LogP contribution in [0.3, 0.4) is 0 Å². The first-order valence-electron chi connectivity index (χ1n) is 11.0. The Morgan fingerprint density at radius 1 is 1.19 bits per heavy atom. The van der Waals surface area contributed by atoms with Crippen LogP contribution in [0.4, 0.5) is 13.2 Å². The molecular formula is C24H22ClF3N6O2. The van der Waals surface area contributed by atoms with Gasteiger partial charge in [-0.25, -0.2) is 9.78 Å². The fraction of sp³-hybridized carbons (Fsp3) is 0.250. The fourth-order valence-corrected chi connectivity index (χ4v) is 3.82. The van der Waals surface area contributed by atoms with E-state index in [1.807, 2.05) is 59.8 Å². The lowest BCUT2D eigenvalue weighted by atomic mass is 10.1. The Bertz CT molecular complexity index is 1310. The second-order valence-corrected chi connectivity index (χ2v) is 8.59. The molecule has 12 heteroatoms. The van der Waals surface area contributed by atoms with Crippen molar-refractivity contribution in [1.29, 1.82) is 0 Å². The van der Waals surface area contributed by atoms with Crippen LogP contribution < -0.4 is 5.32 Å². The maximum absolute atomic E-state index is 10.6. The highest BCUT2D eigenvalue weighted by Gasteiger charge is 2.38. The average molecular weight is 519 g/mol. The predicted molar refractivity (Wildman–Crippen MR) is 128 cm³/mol. The van der Waals surface area contributed by atoms with E-state index in [2.05, 4.69) is 26.4 Å². The van der Waals surface area contributed by atoms with E-state index in [-0.39, 0.29) is 0 Å². The molecule has 1 aliphatic heterocycles. The number of aliphatic carboxylic acids is 1. The van der Waals surface area contributed by atoms with E-state index in [1.165, 1.54) is 0 Å². The third-order valence-electron chi connectivity index (χ3n) is 5.55. The molecule has 1 aromatic carbocycles. The SMILES string of the molecule is Clc1ccc(Cn2cc(-c3ccnc(-c4nc(C5CCNC5)c[nH]4)c3)cn2)cc1.O=C(O)C(F)(F)F. The van der Waals surface area contributed by atoms with Crippen LogP contribution in [-0.4, -0.2) is 55.1 Å². The maximum Gasteiger partial charge on any atom is 0.490 e. The molecule has 1 unspecified atom stereocenters. The molecule has 188 valence electrons. The van der Waals surface area contributed by atoms with E-state index in [1.54, 1.807) is 0 Å². The minimum absolute atomic E-state index is 0.481. The highest BCUT2D eigenvalue weighted by molar-refractivity contribution is 6.30. The van der Waals surface area contributed by atoms with Crippen molar-refractivity contribution in [2.45, 2.75) is 25.1 Å². The number of rotatable bonds is 5. The number of alkyl halides is 3. The van der Waals surface area contributed by atoms with Gasteiger partial charge < -0.3 is 15.4 Å². The fourth-order valence-electron chi connectivity index (χ4n) is 3.70. The number of halogens is 4. The lowest BCUT2D eigenvalue weighted by Crippen LogP contribution is -2.21. The third-order valence-corrected chi connectivity index (χ3v) is 5.80. The molecule has 0 amide bonds. The second-order valence-electron chi connectivity index (χ2n) is 8.15. The van der Waals surface area contributed by atoms with Crippen LogP contribution in [0.1, 0.15) is 23.6 Å². The van der Waals surface area contributed by atoms with E-state index in [0.29, 0.717) is 12.5 Å². The van der Waals surface area contributed by atoms with Crippen molar-refractivity contribution in [3.63, 3.8) is 0 Å². The Labute approximate surface area is 209 Å². The smallest absolute Gasteiger partial charge is 0.475 e. The molecule has 8 nitrogen and oxygen atoms in total. The predicted octanol–water partition coefficient (Wildman–Crippen LogP) is 4.75. The van der Waals surface area contributed by atoms with Crippen molar-refractivity contribution >= 4 is 17.6 Å². The van der Waals surface area contributed by atoms with Crippen LogP contribution in [0.2, 0.25) is 5.02 Å². The van der Waals surface area contributed by atoms with Gasteiger partial charge in [0.15, 0.2) is 5.82 Å². The first kappa shape index (κ1) is 25.4. The summed E-state index contributed by atoms with van der Waals surface area (Å²) in [5.41, 5.74) is 5.22. The molecule has 0 spiro atoms. The van der Waals surface area contributed by atoms with Gasteiger partial charge in [-0.1, -0.05) is 23.7 Å². The van der Waals surface area contributed by atoms with Crippen LogP contribution in [0.5, 0.6) is 0 Å². The molecule has 3 N–H and O–H groups in total. The molecule has 3 aromatic heterocycles. The van der Waals surface area contributed by atoms with Gasteiger partial charge in [-0.15, -0.1) is 0 Å². The van der Waals surface area contributed by atoms with Gasteiger partial charge in [-0.2, -0.15) is 18.3 Å². The first-order valence-corrected chi connectivity index (χ1v) is 11.4. The Hall–Kier alpha value is -3.70. The van der Waals surface area contributed by atoms with E-state index in [0.717, 1.165) is 58.4 Å². The third kappa shape index (κ3) is 6.49. The van der Waals surface area contributed by atoms with Crippen molar-refractivity contribution in [3.05, 3.63) is 77.5 Å². The molecule has 4 aromatic rings. The topological polar surface area (TPSA) is 109 Å². The van der Waals surface area contributed by atoms with E-state index < -0.39 is 12.1 Å². The zero-order chi connectivity index (χ0) is 25.7. The van der Waals surface area contributed by atoms with Crippen molar-refractivity contribution in [3.8, 4) is 22.6 Å². The molecule has 1 saturated heterocycles. The van der Waals surface area contributed by atoms with Crippen LogP contribution in [0.25, 0.3) is 22.6 Å². The minimum Gasteiger partial charge on any atom is -0.475 e. The van der Waals surface area contributed by atoms with Gasteiger partial charge in [0.25, 0.3) is 0 Å². The summed E-state index contributed by atoms with van der Waals surface area (Å²) < 4.78 is 33.7. The van der Waals surface area contributed by atoms with Crippen LogP contribution in [-0.2, 0) is 11.3 Å². The highest BCUT2D eigenvalue weighted by atomic mass is 35.5. The average Bonchev–Trinajstić information content (AvgIpc) is 3.62. The number of hydrogen-bond donors (Lipinski definition) is 3. The summed E-state index contributed by atoms with van der Waals surface area (Å²) in [6.07, 6.45) is 3.80. The number of aromatic nitrogens is 5. The number of H-pyrrole nitrogens is 1. The zero-order valence-electron chi connectivity index (χ0n) is 18.8. The number of hydrogen-bond acceptors (Lipinski definition) is 5. The number of pyridine rings is 1. The summed E-state index contributed by atoms with van der Waals surface area (Å²) in [4.78, 5) is 21.5. The lowest BCUT2D eigenvalue weighted by molar-refractivity contribution is -0.192. The van der Waals surface area contributed by atoms with Crippen LogP contribution in [0.15, 0.2) is 61.2 Å². The number of nitrogens with one attached hydrogen (secondary N) is 2. The van der Waals surface area contributed by atoms with Gasteiger partial charge in [-0.3, -0.25) is 9.67 Å². The second kappa shape index (κ2) is 10.9. The van der Waals surface area contributed by atoms with E-state index in [4.69, 9.17) is 26.5 Å². The van der Waals surface area contributed by atoms with Crippen molar-refractivity contribution in [2.24, 2.45) is 0 Å². The maximum atomic E-state index is 10.6. The van der Waals surface area contributed by atoms with Gasteiger partial charge in [0.1, 0.15) is 5.69 Å². The van der Waals surface area contributed by atoms with Gasteiger partial charge in [0.2, 0.25) is 0 Å². The van der Waals surface area contributed by atoms with Gasteiger partial charge in [0, 0.05) is 41.6 Å². The van der Waals surface area contributed by atoms with E-state index in [9.17, 15) is 13.2 Å². The molecule has 0 saturated carbocycles. The minimum atomic E-state index is -5.08. The summed E-state index contributed by atoms with van der Waals surface area (Å²) >= 11 is 5.96. The van der Waals surface area contributed by atoms with Crippen molar-refractivity contribution < 1.29 is 23.1 Å². The standard InChI is InChI=1S/C22H21ClN6.C2HF3O2/c23-19-3-1-15(2-4-19)13-29-14-18(11-27-29)16-6-8-25-20(9-16)22-26-12-21(28-22)17-5-7-24-10-17;3-2(4,5)1(6)7/h1-4,6,8-9,11-12,14,17,24H,5,7,10,13H2,(H,26,28);(H,6,7). The molecule has 4 heterocycles. The largest absolute Gasteiger partial charge is 0.490 e. The Balaban J connectivity index is 0.000000384. The zero-order valence-corrected chi connectivity index (χ0v) is 19.6. The van der Waals surface area contributed by atoms with Crippen molar-refractivity contribution in [1.82, 2.24) is 30.0 Å². The van der Waals surface area contributed by atoms with E-state index >= 15 is 0 Å². The molecule has 36 heavy (non-hydrogen) atoms. The first-order chi connectivity index (χ1) is 17.2. The van der Waals surface area contributed by atoms with Crippen molar-refractivity contribution in [2.75, 3.05) is 13.1 Å². The molecule has 1 fully saturated rings. The summed E-state index contributed by atoms with van der Waals surface area (Å²) in [6.45, 7) is 2.75. The Morgan fingerprint density at radius 2 is 1.94 bits per heavy atom. The normalized spacial score (nSPS) is 15.4. The quantitative estimate of drug-likeness (QED) is 0.352. The van der Waals surface area contributed by atoms with Gasteiger partial charge in [-0.05, 0) is 48.4 Å².